The van der Waals surface area contributed by atoms with E-state index in [0.717, 1.165) is 17.2 Å². The maximum absolute atomic E-state index is 4.39. The largest absolute Gasteiger partial charge is 0.258 e. The van der Waals surface area contributed by atoms with Crippen LogP contribution in [0.3, 0.4) is 0 Å². The lowest BCUT2D eigenvalue weighted by atomic mass is 9.95. The van der Waals surface area contributed by atoms with Crippen LogP contribution in [0.4, 0.5) is 0 Å². The van der Waals surface area contributed by atoms with Crippen LogP contribution in [0.1, 0.15) is 43.8 Å². The Bertz CT molecular complexity index is 510. The van der Waals surface area contributed by atoms with Crippen LogP contribution in [0, 0.1) is 6.92 Å². The van der Waals surface area contributed by atoms with Gasteiger partial charge in [0.2, 0.25) is 0 Å². The molecule has 1 saturated carbocycles. The molecule has 2 heterocycles. The van der Waals surface area contributed by atoms with Crippen molar-refractivity contribution < 1.29 is 0 Å². The van der Waals surface area contributed by atoms with Crippen molar-refractivity contribution >= 4 is 0 Å². The maximum Gasteiger partial charge on any atom is 0.178 e. The van der Waals surface area contributed by atoms with Crippen LogP contribution in [-0.4, -0.2) is 24.7 Å². The van der Waals surface area contributed by atoms with E-state index in [1.54, 1.807) is 18.7 Å². The van der Waals surface area contributed by atoms with Gasteiger partial charge in [-0.25, -0.2) is 14.6 Å². The van der Waals surface area contributed by atoms with E-state index >= 15 is 0 Å². The van der Waals surface area contributed by atoms with Gasteiger partial charge in [-0.3, -0.25) is 4.98 Å². The van der Waals surface area contributed by atoms with Crippen molar-refractivity contribution in [1.82, 2.24) is 24.7 Å². The molecule has 5 nitrogen and oxygen atoms in total. The van der Waals surface area contributed by atoms with Crippen molar-refractivity contribution in [2.75, 3.05) is 0 Å². The Labute approximate surface area is 106 Å². The van der Waals surface area contributed by atoms with Gasteiger partial charge < -0.3 is 0 Å². The van der Waals surface area contributed by atoms with Crippen molar-refractivity contribution in [3.8, 4) is 11.5 Å². The van der Waals surface area contributed by atoms with Gasteiger partial charge in [-0.2, -0.15) is 5.10 Å². The van der Waals surface area contributed by atoms with Crippen LogP contribution in [-0.2, 0) is 0 Å². The van der Waals surface area contributed by atoms with Crippen LogP contribution < -0.4 is 0 Å². The SMILES string of the molecule is Cc1cnc(-c2ncnn2C2CCCCC2)cn1. The third-order valence-electron chi connectivity index (χ3n) is 3.50. The summed E-state index contributed by atoms with van der Waals surface area (Å²) in [6.07, 6.45) is 11.4. The molecule has 5 heteroatoms. The van der Waals surface area contributed by atoms with Crippen LogP contribution in [0.5, 0.6) is 0 Å². The lowest BCUT2D eigenvalue weighted by Crippen LogP contribution is -2.15. The Morgan fingerprint density at radius 3 is 2.61 bits per heavy atom. The van der Waals surface area contributed by atoms with Gasteiger partial charge in [-0.05, 0) is 19.8 Å². The first-order valence-corrected chi connectivity index (χ1v) is 6.53. The van der Waals surface area contributed by atoms with Crippen molar-refractivity contribution in [3.63, 3.8) is 0 Å². The number of rotatable bonds is 2. The van der Waals surface area contributed by atoms with Gasteiger partial charge >= 0.3 is 0 Å². The predicted molar refractivity (Wildman–Crippen MR) is 67.9 cm³/mol. The van der Waals surface area contributed by atoms with Crippen LogP contribution in [0.25, 0.3) is 11.5 Å². The Hall–Kier alpha value is -1.78. The molecule has 0 bridgehead atoms. The summed E-state index contributed by atoms with van der Waals surface area (Å²) in [6, 6.07) is 0.472. The average molecular weight is 243 g/mol. The zero-order chi connectivity index (χ0) is 12.4. The van der Waals surface area contributed by atoms with Gasteiger partial charge in [-0.1, -0.05) is 19.3 Å². The minimum absolute atomic E-state index is 0.472. The molecule has 0 spiro atoms. The second-order valence-electron chi connectivity index (χ2n) is 4.86. The summed E-state index contributed by atoms with van der Waals surface area (Å²) in [5.74, 6) is 0.842. The first kappa shape index (κ1) is 11.3. The molecule has 0 saturated heterocycles. The molecule has 0 radical (unpaired) electrons. The standard InChI is InChI=1S/C13H17N5/c1-10-7-15-12(8-14-10)13-16-9-17-18(13)11-5-3-2-4-6-11/h7-9,11H,2-6H2,1H3. The first-order valence-electron chi connectivity index (χ1n) is 6.53. The molecule has 2 aromatic heterocycles. The summed E-state index contributed by atoms with van der Waals surface area (Å²) in [5, 5.41) is 4.38. The second-order valence-corrected chi connectivity index (χ2v) is 4.86. The van der Waals surface area contributed by atoms with Crippen molar-refractivity contribution in [3.05, 3.63) is 24.4 Å². The van der Waals surface area contributed by atoms with Gasteiger partial charge in [0.15, 0.2) is 5.82 Å². The first-order chi connectivity index (χ1) is 8.84. The predicted octanol–water partition coefficient (Wildman–Crippen LogP) is 2.55. The quantitative estimate of drug-likeness (QED) is 0.813. The van der Waals surface area contributed by atoms with Gasteiger partial charge in [-0.15, -0.1) is 0 Å². The molecule has 0 aromatic carbocycles. The minimum atomic E-state index is 0.472. The molecule has 94 valence electrons. The normalized spacial score (nSPS) is 16.9. The zero-order valence-corrected chi connectivity index (χ0v) is 10.6. The highest BCUT2D eigenvalue weighted by Crippen LogP contribution is 2.30. The number of hydrogen-bond acceptors (Lipinski definition) is 4. The van der Waals surface area contributed by atoms with E-state index in [4.69, 9.17) is 0 Å². The fourth-order valence-corrected chi connectivity index (χ4v) is 2.53. The lowest BCUT2D eigenvalue weighted by molar-refractivity contribution is 0.331. The maximum atomic E-state index is 4.39. The van der Waals surface area contributed by atoms with Crippen LogP contribution in [0.2, 0.25) is 0 Å². The molecule has 0 amide bonds. The molecule has 1 aliphatic carbocycles. The van der Waals surface area contributed by atoms with E-state index in [-0.39, 0.29) is 0 Å². The molecule has 1 fully saturated rings. The van der Waals surface area contributed by atoms with Crippen molar-refractivity contribution in [2.45, 2.75) is 45.1 Å². The Balaban J connectivity index is 1.93. The molecule has 0 atom stereocenters. The molecular formula is C13H17N5. The van der Waals surface area contributed by atoms with Gasteiger partial charge in [0.05, 0.1) is 17.9 Å². The molecule has 3 rings (SSSR count). The summed E-state index contributed by atoms with van der Waals surface area (Å²) >= 11 is 0. The topological polar surface area (TPSA) is 56.5 Å². The molecule has 18 heavy (non-hydrogen) atoms. The van der Waals surface area contributed by atoms with E-state index in [1.165, 1.54) is 32.1 Å². The highest BCUT2D eigenvalue weighted by molar-refractivity contribution is 5.47. The highest BCUT2D eigenvalue weighted by Gasteiger charge is 2.20. The summed E-state index contributed by atoms with van der Waals surface area (Å²) < 4.78 is 2.03. The zero-order valence-electron chi connectivity index (χ0n) is 10.6. The second kappa shape index (κ2) is 4.84. The van der Waals surface area contributed by atoms with Gasteiger partial charge in [0.1, 0.15) is 12.0 Å². The van der Waals surface area contributed by atoms with E-state index in [9.17, 15) is 0 Å². The molecular weight excluding hydrogens is 226 g/mol. The third kappa shape index (κ3) is 2.12. The number of aryl methyl sites for hydroxylation is 1. The molecule has 0 N–H and O–H groups in total. The molecule has 2 aromatic rings. The van der Waals surface area contributed by atoms with E-state index in [2.05, 4.69) is 20.1 Å². The average Bonchev–Trinajstić information content (AvgIpc) is 2.90. The Kier molecular flexibility index (Phi) is 3.04. The molecule has 1 aliphatic rings. The fourth-order valence-electron chi connectivity index (χ4n) is 2.53. The van der Waals surface area contributed by atoms with Crippen molar-refractivity contribution in [2.24, 2.45) is 0 Å². The third-order valence-corrected chi connectivity index (χ3v) is 3.50. The number of aromatic nitrogens is 5. The Morgan fingerprint density at radius 2 is 1.89 bits per heavy atom. The highest BCUT2D eigenvalue weighted by atomic mass is 15.4. The van der Waals surface area contributed by atoms with Crippen LogP contribution >= 0.6 is 0 Å². The van der Waals surface area contributed by atoms with E-state index in [1.807, 2.05) is 11.6 Å². The summed E-state index contributed by atoms with van der Waals surface area (Å²) in [7, 11) is 0. The molecule has 0 unspecified atom stereocenters. The van der Waals surface area contributed by atoms with Gasteiger partial charge in [0.25, 0.3) is 0 Å². The minimum Gasteiger partial charge on any atom is -0.258 e. The number of hydrogen-bond donors (Lipinski definition) is 0. The fraction of sp³-hybridized carbons (Fsp3) is 0.538. The van der Waals surface area contributed by atoms with E-state index in [0.29, 0.717) is 6.04 Å². The lowest BCUT2D eigenvalue weighted by Gasteiger charge is -2.22. The molecule has 0 aliphatic heterocycles. The summed E-state index contributed by atoms with van der Waals surface area (Å²) in [6.45, 7) is 1.93. The summed E-state index contributed by atoms with van der Waals surface area (Å²) in [4.78, 5) is 13.0. The monoisotopic (exact) mass is 243 g/mol. The van der Waals surface area contributed by atoms with E-state index < -0.39 is 0 Å². The smallest absolute Gasteiger partial charge is 0.178 e. The van der Waals surface area contributed by atoms with Crippen molar-refractivity contribution in [1.29, 1.82) is 0 Å². The summed E-state index contributed by atoms with van der Waals surface area (Å²) in [5.41, 5.74) is 1.73. The van der Waals surface area contributed by atoms with Crippen LogP contribution in [0.15, 0.2) is 18.7 Å². The Morgan fingerprint density at radius 1 is 1.06 bits per heavy atom. The number of nitrogens with zero attached hydrogens (tertiary/aromatic N) is 5. The van der Waals surface area contributed by atoms with Gasteiger partial charge in [0, 0.05) is 6.20 Å².